The highest BCUT2D eigenvalue weighted by molar-refractivity contribution is 6.21. The van der Waals surface area contributed by atoms with E-state index in [9.17, 15) is 14.4 Å². The predicted octanol–water partition coefficient (Wildman–Crippen LogP) is 0.968. The van der Waals surface area contributed by atoms with E-state index in [1.54, 1.807) is 24.3 Å². The van der Waals surface area contributed by atoms with Gasteiger partial charge in [0.15, 0.2) is 0 Å². The first-order valence-electron chi connectivity index (χ1n) is 7.73. The van der Waals surface area contributed by atoms with Crippen LogP contribution in [0.3, 0.4) is 0 Å². The second kappa shape index (κ2) is 6.37. The number of carboxylic acid groups (broad SMARTS) is 1. The number of amides is 3. The third-order valence-electron chi connectivity index (χ3n) is 4.38. The van der Waals surface area contributed by atoms with Gasteiger partial charge in [0.1, 0.15) is 0 Å². The molecule has 0 unspecified atom stereocenters. The van der Waals surface area contributed by atoms with Crippen molar-refractivity contribution in [3.8, 4) is 0 Å². The Morgan fingerprint density at radius 3 is 2.04 bits per heavy atom. The standard InChI is InChI=1S/C16H19N3O4/c20-14-12-4-1-2-5-13(12)15(21)19(14)7-3-6-17-8-10-18(11-9-17)16(22)23/h1-2,4-5H,3,6-11H2,(H,22,23). The molecule has 0 aliphatic carbocycles. The summed E-state index contributed by atoms with van der Waals surface area (Å²) in [5.74, 6) is -0.442. The van der Waals surface area contributed by atoms with Gasteiger partial charge in [0.05, 0.1) is 11.1 Å². The van der Waals surface area contributed by atoms with E-state index in [-0.39, 0.29) is 11.8 Å². The van der Waals surface area contributed by atoms with Gasteiger partial charge in [0, 0.05) is 32.7 Å². The summed E-state index contributed by atoms with van der Waals surface area (Å²) >= 11 is 0. The Balaban J connectivity index is 1.48. The fourth-order valence-corrected chi connectivity index (χ4v) is 3.06. The molecule has 3 amide bonds. The molecule has 1 aromatic rings. The van der Waals surface area contributed by atoms with E-state index in [0.29, 0.717) is 50.3 Å². The lowest BCUT2D eigenvalue weighted by atomic mass is 10.1. The van der Waals surface area contributed by atoms with Gasteiger partial charge in [-0.2, -0.15) is 0 Å². The van der Waals surface area contributed by atoms with Crippen LogP contribution in [0.15, 0.2) is 24.3 Å². The number of carbonyl (C=O) groups excluding carboxylic acids is 2. The predicted molar refractivity (Wildman–Crippen MR) is 82.5 cm³/mol. The Bertz CT molecular complexity index is 603. The Labute approximate surface area is 134 Å². The van der Waals surface area contributed by atoms with Gasteiger partial charge >= 0.3 is 6.09 Å². The van der Waals surface area contributed by atoms with Gasteiger partial charge in [-0.05, 0) is 25.1 Å². The van der Waals surface area contributed by atoms with Crippen molar-refractivity contribution in [3.05, 3.63) is 35.4 Å². The van der Waals surface area contributed by atoms with Crippen LogP contribution in [0.2, 0.25) is 0 Å². The lowest BCUT2D eigenvalue weighted by molar-refractivity contribution is 0.0638. The van der Waals surface area contributed by atoms with Crippen LogP contribution in [-0.4, -0.2) is 77.0 Å². The molecular weight excluding hydrogens is 298 g/mol. The molecular formula is C16H19N3O4. The minimum Gasteiger partial charge on any atom is -0.465 e. The highest BCUT2D eigenvalue weighted by Crippen LogP contribution is 2.22. The monoisotopic (exact) mass is 317 g/mol. The summed E-state index contributed by atoms with van der Waals surface area (Å²) in [5.41, 5.74) is 0.958. The summed E-state index contributed by atoms with van der Waals surface area (Å²) in [7, 11) is 0. The van der Waals surface area contributed by atoms with E-state index in [4.69, 9.17) is 5.11 Å². The van der Waals surface area contributed by atoms with Gasteiger partial charge in [-0.1, -0.05) is 12.1 Å². The number of nitrogens with zero attached hydrogens (tertiary/aromatic N) is 3. The van der Waals surface area contributed by atoms with Crippen LogP contribution >= 0.6 is 0 Å². The highest BCUT2D eigenvalue weighted by Gasteiger charge is 2.34. The van der Waals surface area contributed by atoms with Crippen molar-refractivity contribution in [1.82, 2.24) is 14.7 Å². The zero-order valence-electron chi connectivity index (χ0n) is 12.8. The lowest BCUT2D eigenvalue weighted by Crippen LogP contribution is -2.48. The minimum absolute atomic E-state index is 0.221. The van der Waals surface area contributed by atoms with E-state index in [1.165, 1.54) is 9.80 Å². The first kappa shape index (κ1) is 15.5. The summed E-state index contributed by atoms with van der Waals surface area (Å²) in [5, 5.41) is 8.91. The van der Waals surface area contributed by atoms with Crippen molar-refractivity contribution in [2.75, 3.05) is 39.3 Å². The number of hydrogen-bond donors (Lipinski definition) is 1. The molecule has 0 saturated carbocycles. The maximum atomic E-state index is 12.2. The second-order valence-electron chi connectivity index (χ2n) is 5.77. The van der Waals surface area contributed by atoms with Crippen LogP contribution in [0.25, 0.3) is 0 Å². The number of hydrogen-bond acceptors (Lipinski definition) is 4. The van der Waals surface area contributed by atoms with Gasteiger partial charge in [0.25, 0.3) is 11.8 Å². The summed E-state index contributed by atoms with van der Waals surface area (Å²) in [6.07, 6.45) is -0.186. The topological polar surface area (TPSA) is 81.2 Å². The van der Waals surface area contributed by atoms with Crippen LogP contribution in [0.1, 0.15) is 27.1 Å². The van der Waals surface area contributed by atoms with Gasteiger partial charge in [-0.3, -0.25) is 19.4 Å². The van der Waals surface area contributed by atoms with Crippen LogP contribution in [0, 0.1) is 0 Å². The van der Waals surface area contributed by atoms with Crippen LogP contribution in [0.5, 0.6) is 0 Å². The third-order valence-corrected chi connectivity index (χ3v) is 4.38. The van der Waals surface area contributed by atoms with Gasteiger partial charge < -0.3 is 10.0 Å². The molecule has 3 rings (SSSR count). The number of carbonyl (C=O) groups is 3. The number of benzene rings is 1. The van der Waals surface area contributed by atoms with Gasteiger partial charge in [-0.15, -0.1) is 0 Å². The maximum absolute atomic E-state index is 12.2. The molecule has 2 aliphatic heterocycles. The summed E-state index contributed by atoms with van der Waals surface area (Å²) in [6.45, 7) is 3.53. The molecule has 23 heavy (non-hydrogen) atoms. The Morgan fingerprint density at radius 2 is 1.52 bits per heavy atom. The number of fused-ring (bicyclic) bond motifs is 1. The zero-order chi connectivity index (χ0) is 16.4. The molecule has 7 heteroatoms. The molecule has 1 fully saturated rings. The van der Waals surface area contributed by atoms with Gasteiger partial charge in [-0.25, -0.2) is 4.79 Å². The molecule has 1 aromatic carbocycles. The van der Waals surface area contributed by atoms with Crippen molar-refractivity contribution in [2.24, 2.45) is 0 Å². The molecule has 1 N–H and O–H groups in total. The van der Waals surface area contributed by atoms with Crippen molar-refractivity contribution in [1.29, 1.82) is 0 Å². The first-order valence-corrected chi connectivity index (χ1v) is 7.73. The molecule has 0 radical (unpaired) electrons. The first-order chi connectivity index (χ1) is 11.1. The van der Waals surface area contributed by atoms with Crippen molar-refractivity contribution in [3.63, 3.8) is 0 Å². The van der Waals surface area contributed by atoms with E-state index >= 15 is 0 Å². The molecule has 1 saturated heterocycles. The average molecular weight is 317 g/mol. The quantitative estimate of drug-likeness (QED) is 0.837. The molecule has 2 aliphatic rings. The molecule has 0 bridgehead atoms. The fourth-order valence-electron chi connectivity index (χ4n) is 3.06. The number of rotatable bonds is 4. The molecule has 0 spiro atoms. The summed E-state index contributed by atoms with van der Waals surface area (Å²) in [4.78, 5) is 40.2. The van der Waals surface area contributed by atoms with Gasteiger partial charge in [0.2, 0.25) is 0 Å². The van der Waals surface area contributed by atoms with Crippen LogP contribution in [-0.2, 0) is 0 Å². The summed E-state index contributed by atoms with van der Waals surface area (Å²) < 4.78 is 0. The third kappa shape index (κ3) is 3.05. The van der Waals surface area contributed by atoms with Crippen LogP contribution < -0.4 is 0 Å². The van der Waals surface area contributed by atoms with Crippen LogP contribution in [0.4, 0.5) is 4.79 Å². The van der Waals surface area contributed by atoms with E-state index < -0.39 is 6.09 Å². The number of imide groups is 1. The normalized spacial score (nSPS) is 18.4. The minimum atomic E-state index is -0.879. The highest BCUT2D eigenvalue weighted by atomic mass is 16.4. The average Bonchev–Trinajstić information content (AvgIpc) is 2.81. The molecule has 0 aromatic heterocycles. The zero-order valence-corrected chi connectivity index (χ0v) is 12.8. The Kier molecular flexibility index (Phi) is 4.29. The Hall–Kier alpha value is -2.41. The largest absolute Gasteiger partial charge is 0.465 e. The number of piperazine rings is 1. The Morgan fingerprint density at radius 1 is 0.957 bits per heavy atom. The van der Waals surface area contributed by atoms with E-state index in [1.807, 2.05) is 0 Å². The SMILES string of the molecule is O=C(O)N1CCN(CCCN2C(=O)c3ccccc3C2=O)CC1. The van der Waals surface area contributed by atoms with E-state index in [2.05, 4.69) is 4.90 Å². The maximum Gasteiger partial charge on any atom is 0.407 e. The van der Waals surface area contributed by atoms with Crippen molar-refractivity contribution < 1.29 is 19.5 Å². The summed E-state index contributed by atoms with van der Waals surface area (Å²) in [6, 6.07) is 6.88. The molecule has 7 nitrogen and oxygen atoms in total. The lowest BCUT2D eigenvalue weighted by Gasteiger charge is -2.33. The van der Waals surface area contributed by atoms with Crippen molar-refractivity contribution in [2.45, 2.75) is 6.42 Å². The molecule has 122 valence electrons. The smallest absolute Gasteiger partial charge is 0.407 e. The molecule has 0 atom stereocenters. The molecule has 2 heterocycles. The second-order valence-corrected chi connectivity index (χ2v) is 5.77. The fraction of sp³-hybridized carbons (Fsp3) is 0.438. The van der Waals surface area contributed by atoms with E-state index in [0.717, 1.165) is 6.54 Å². The van der Waals surface area contributed by atoms with Crippen molar-refractivity contribution >= 4 is 17.9 Å².